The van der Waals surface area contributed by atoms with Gasteiger partial charge in [0.15, 0.2) is 0 Å². The topological polar surface area (TPSA) is 56.7 Å². The molecule has 3 aromatic rings. The van der Waals surface area contributed by atoms with Crippen LogP contribution in [0.25, 0.3) is 5.69 Å². The van der Waals surface area contributed by atoms with Crippen LogP contribution in [0.5, 0.6) is 0 Å². The van der Waals surface area contributed by atoms with Crippen LogP contribution in [0.4, 0.5) is 32.3 Å². The minimum absolute atomic E-state index is 0.0121. The third kappa shape index (κ3) is 5.11. The van der Waals surface area contributed by atoms with Crippen LogP contribution in [-0.4, -0.2) is 14.8 Å². The van der Waals surface area contributed by atoms with Crippen molar-refractivity contribution in [3.8, 4) is 5.69 Å². The molecule has 0 fully saturated rings. The van der Waals surface area contributed by atoms with E-state index in [1.165, 1.54) is 0 Å². The highest BCUT2D eigenvalue weighted by Crippen LogP contribution is 2.43. The number of rotatable bonds is 3. The van der Waals surface area contributed by atoms with E-state index in [-0.39, 0.29) is 31.7 Å². The molecular weight excluding hydrogens is 536 g/mol. The maximum atomic E-state index is 12.9. The van der Waals surface area contributed by atoms with Crippen LogP contribution in [0.2, 0.25) is 20.1 Å². The lowest BCUT2D eigenvalue weighted by molar-refractivity contribution is -0.138. The van der Waals surface area contributed by atoms with E-state index in [0.717, 1.165) is 4.68 Å². The monoisotopic (exact) mass is 540 g/mol. The smallest absolute Gasteiger partial charge is 0.368 e. The van der Waals surface area contributed by atoms with E-state index in [1.807, 2.05) is 0 Å². The molecule has 1 aromatic heterocycles. The van der Waals surface area contributed by atoms with Crippen molar-refractivity contribution in [2.24, 2.45) is 0 Å². The molecule has 0 aliphatic carbocycles. The minimum Gasteiger partial charge on any atom is -0.368 e. The zero-order chi connectivity index (χ0) is 23.3. The fourth-order valence-corrected chi connectivity index (χ4v) is 4.48. The molecule has 0 unspecified atom stereocenters. The quantitative estimate of drug-likeness (QED) is 0.346. The number of nitrogens with two attached hydrogens (primary N) is 1. The summed E-state index contributed by atoms with van der Waals surface area (Å²) in [4.78, 5) is 3.91. The third-order valence-electron chi connectivity index (χ3n) is 3.69. The Labute approximate surface area is 194 Å². The Kier molecular flexibility index (Phi) is 6.56. The Morgan fingerprint density at radius 2 is 1.19 bits per heavy atom. The molecule has 0 aliphatic heterocycles. The zero-order valence-electron chi connectivity index (χ0n) is 14.4. The molecule has 0 amide bonds. The summed E-state index contributed by atoms with van der Waals surface area (Å²) in [7, 11) is 0. The number of hydrogen-bond acceptors (Lipinski definition) is 4. The molecule has 31 heavy (non-hydrogen) atoms. The normalized spacial score (nSPS) is 12.5. The maximum absolute atomic E-state index is 12.9. The summed E-state index contributed by atoms with van der Waals surface area (Å²) in [5, 5.41) is 2.44. The molecule has 0 saturated carbocycles. The van der Waals surface area contributed by atoms with Crippen molar-refractivity contribution >= 4 is 64.1 Å². The number of nitrogens with zero attached hydrogens (tertiary/aromatic N) is 3. The Hall–Kier alpha value is -1.53. The number of aromatic nitrogens is 3. The van der Waals surface area contributed by atoms with Gasteiger partial charge in [0.25, 0.3) is 0 Å². The Balaban J connectivity index is 2.00. The van der Waals surface area contributed by atoms with Crippen LogP contribution in [0.15, 0.2) is 34.3 Å². The van der Waals surface area contributed by atoms with Crippen LogP contribution in [-0.2, 0) is 12.4 Å². The van der Waals surface area contributed by atoms with Crippen molar-refractivity contribution in [3.05, 3.63) is 55.5 Å². The largest absolute Gasteiger partial charge is 0.416 e. The van der Waals surface area contributed by atoms with E-state index >= 15 is 0 Å². The molecule has 0 aliphatic rings. The number of hydrogen-bond donors (Lipinski definition) is 1. The van der Waals surface area contributed by atoms with Gasteiger partial charge in [-0.2, -0.15) is 36.0 Å². The van der Waals surface area contributed by atoms with E-state index in [0.29, 0.717) is 36.0 Å². The highest BCUT2D eigenvalue weighted by Gasteiger charge is 2.33. The number of anilines is 1. The first-order valence-corrected chi connectivity index (χ1v) is 10.0. The van der Waals surface area contributed by atoms with E-state index in [9.17, 15) is 26.3 Å². The van der Waals surface area contributed by atoms with E-state index < -0.39 is 33.5 Å². The summed E-state index contributed by atoms with van der Waals surface area (Å²) < 4.78 is 78.2. The summed E-state index contributed by atoms with van der Waals surface area (Å²) in [5.74, 6) is -0.301. The number of alkyl halides is 6. The maximum Gasteiger partial charge on any atom is 0.416 e. The van der Waals surface area contributed by atoms with E-state index in [4.69, 9.17) is 52.1 Å². The Morgan fingerprint density at radius 1 is 0.774 bits per heavy atom. The predicted molar refractivity (Wildman–Crippen MR) is 106 cm³/mol. The second-order valence-electron chi connectivity index (χ2n) is 5.82. The molecule has 0 bridgehead atoms. The van der Waals surface area contributed by atoms with Gasteiger partial charge in [0.2, 0.25) is 11.1 Å². The average molecular weight is 542 g/mol. The van der Waals surface area contributed by atoms with Crippen molar-refractivity contribution in [1.29, 1.82) is 0 Å². The van der Waals surface area contributed by atoms with Gasteiger partial charge < -0.3 is 5.73 Å². The van der Waals surface area contributed by atoms with Crippen molar-refractivity contribution in [3.63, 3.8) is 0 Å². The van der Waals surface area contributed by atoms with Gasteiger partial charge >= 0.3 is 12.4 Å². The van der Waals surface area contributed by atoms with E-state index in [1.54, 1.807) is 0 Å². The van der Waals surface area contributed by atoms with E-state index in [2.05, 4.69) is 10.1 Å². The van der Waals surface area contributed by atoms with Gasteiger partial charge in [-0.25, -0.2) is 0 Å². The summed E-state index contributed by atoms with van der Waals surface area (Å²) in [5.41, 5.74) is 3.47. The molecule has 1 heterocycles. The number of nitrogen functional groups attached to an aromatic ring is 1. The molecule has 0 atom stereocenters. The van der Waals surface area contributed by atoms with Gasteiger partial charge in [0.1, 0.15) is 5.69 Å². The SMILES string of the molecule is Nc1nc(Sc2c(Cl)cc(C(F)(F)F)cc2Cl)nn1-c1c(Cl)cc(C(F)(F)F)cc1Cl. The molecule has 2 N–H and O–H groups in total. The van der Waals surface area contributed by atoms with Crippen LogP contribution in [0.3, 0.4) is 0 Å². The fourth-order valence-electron chi connectivity index (χ4n) is 2.36. The first-order chi connectivity index (χ1) is 14.2. The lowest BCUT2D eigenvalue weighted by atomic mass is 10.2. The average Bonchev–Trinajstić information content (AvgIpc) is 2.96. The van der Waals surface area contributed by atoms with Gasteiger partial charge in [-0.05, 0) is 36.0 Å². The highest BCUT2D eigenvalue weighted by molar-refractivity contribution is 7.99. The third-order valence-corrected chi connectivity index (χ3v) is 6.08. The number of benzene rings is 2. The second-order valence-corrected chi connectivity index (χ2v) is 8.43. The van der Waals surface area contributed by atoms with Crippen molar-refractivity contribution in [2.45, 2.75) is 22.4 Å². The lowest BCUT2D eigenvalue weighted by Crippen LogP contribution is -2.08. The molecule has 0 saturated heterocycles. The molecule has 3 rings (SSSR count). The van der Waals surface area contributed by atoms with Crippen LogP contribution in [0.1, 0.15) is 11.1 Å². The highest BCUT2D eigenvalue weighted by atomic mass is 35.5. The predicted octanol–water partition coefficient (Wildman–Crippen LogP) is 7.65. The van der Waals surface area contributed by atoms with Gasteiger partial charge in [-0.15, -0.1) is 5.10 Å². The molecule has 166 valence electrons. The van der Waals surface area contributed by atoms with Crippen molar-refractivity contribution in [2.75, 3.05) is 5.73 Å². The fraction of sp³-hybridized carbons (Fsp3) is 0.125. The standard InChI is InChI=1S/C16H6Cl4F6N4S/c17-7-1-5(15(21,22)23)2-8(18)11(7)30-13(27)28-14(29-30)31-12-9(19)3-6(4-10(12)20)16(24,25)26/h1-4H,(H2,27,28,29). The van der Waals surface area contributed by atoms with Gasteiger partial charge in [0.05, 0.1) is 36.1 Å². The molecule has 15 heteroatoms. The molecule has 0 radical (unpaired) electrons. The van der Waals surface area contributed by atoms with Crippen molar-refractivity contribution < 1.29 is 26.3 Å². The minimum atomic E-state index is -4.68. The summed E-state index contributed by atoms with van der Waals surface area (Å²) in [6.45, 7) is 0. The second kappa shape index (κ2) is 8.43. The van der Waals surface area contributed by atoms with Gasteiger partial charge in [-0.3, -0.25) is 0 Å². The molecule has 2 aromatic carbocycles. The zero-order valence-corrected chi connectivity index (χ0v) is 18.3. The first kappa shape index (κ1) is 24.1. The van der Waals surface area contributed by atoms with Crippen LogP contribution < -0.4 is 5.73 Å². The number of halogens is 10. The lowest BCUT2D eigenvalue weighted by Gasteiger charge is -2.12. The summed E-state index contributed by atoms with van der Waals surface area (Å²) >= 11 is 24.4. The van der Waals surface area contributed by atoms with Gasteiger partial charge in [0, 0.05) is 0 Å². The van der Waals surface area contributed by atoms with Gasteiger partial charge in [-0.1, -0.05) is 46.4 Å². The Bertz CT molecular complexity index is 1120. The van der Waals surface area contributed by atoms with Crippen LogP contribution >= 0.6 is 58.2 Å². The van der Waals surface area contributed by atoms with Crippen molar-refractivity contribution in [1.82, 2.24) is 14.8 Å². The summed E-state index contributed by atoms with van der Waals surface area (Å²) in [6, 6.07) is 2.64. The molecular formula is C16H6Cl4F6N4S. The molecule has 0 spiro atoms. The molecule has 4 nitrogen and oxygen atoms in total. The summed E-state index contributed by atoms with van der Waals surface area (Å²) in [6.07, 6.45) is -9.34. The first-order valence-electron chi connectivity index (χ1n) is 7.71. The Morgan fingerprint density at radius 3 is 1.61 bits per heavy atom. The van der Waals surface area contributed by atoms with Crippen LogP contribution in [0, 0.1) is 0 Å².